The number of hydrogen-bond donors (Lipinski definition) is 3. The van der Waals surface area contributed by atoms with Crippen molar-refractivity contribution in [3.63, 3.8) is 0 Å². The van der Waals surface area contributed by atoms with Crippen molar-refractivity contribution in [1.29, 1.82) is 0 Å². The van der Waals surface area contributed by atoms with Crippen LogP contribution in [0.2, 0.25) is 0 Å². The summed E-state index contributed by atoms with van der Waals surface area (Å²) >= 11 is 0. The third-order valence-electron chi connectivity index (χ3n) is 3.88. The van der Waals surface area contributed by atoms with Crippen LogP contribution in [0.25, 0.3) is 0 Å². The van der Waals surface area contributed by atoms with Crippen molar-refractivity contribution in [2.24, 2.45) is 0 Å². The minimum Gasteiger partial charge on any atom is -0.497 e. The van der Waals surface area contributed by atoms with Crippen LogP contribution in [0.15, 0.2) is 48.5 Å². The smallest absolute Gasteiger partial charge is 0.279 e. The molecule has 138 valence electrons. The number of anilines is 1. The minimum atomic E-state index is -0.119. The summed E-state index contributed by atoms with van der Waals surface area (Å²) in [5.41, 5.74) is 2.86. The normalized spacial score (nSPS) is 11.5. The van der Waals surface area contributed by atoms with Gasteiger partial charge in [0.05, 0.1) is 14.2 Å². The molecule has 0 bridgehead atoms. The summed E-state index contributed by atoms with van der Waals surface area (Å²) in [5, 5.41) is 5.70. The number of aryl methyl sites for hydroxylation is 1. The van der Waals surface area contributed by atoms with Crippen LogP contribution in [0.3, 0.4) is 0 Å². The maximum absolute atomic E-state index is 12.1. The van der Waals surface area contributed by atoms with Gasteiger partial charge in [-0.1, -0.05) is 29.8 Å². The predicted molar refractivity (Wildman–Crippen MR) is 101 cm³/mol. The van der Waals surface area contributed by atoms with Gasteiger partial charge in [-0.05, 0) is 36.8 Å². The number of likely N-dealkylation sites (N-methyl/N-ethyl adjacent to an activating group) is 1. The standard InChI is InChI=1S/C20H25N3O3/c1-15-7-9-17(10-8-15)22-20(25)14-23(2)13-19(24)21-12-16-5-4-6-18(11-16)26-3/h4-11H,12-14H2,1-3H3,(H,21,24)(H,22,25)/p+1. The van der Waals surface area contributed by atoms with Crippen LogP contribution in [0, 0.1) is 6.92 Å². The number of carbonyl (C=O) groups is 2. The minimum absolute atomic E-state index is 0.103. The van der Waals surface area contributed by atoms with Crippen molar-refractivity contribution < 1.29 is 19.2 Å². The summed E-state index contributed by atoms with van der Waals surface area (Å²) in [6, 6.07) is 15.2. The van der Waals surface area contributed by atoms with E-state index in [1.165, 1.54) is 0 Å². The topological polar surface area (TPSA) is 71.9 Å². The molecule has 0 aliphatic heterocycles. The van der Waals surface area contributed by atoms with Crippen LogP contribution in [0.1, 0.15) is 11.1 Å². The summed E-state index contributed by atoms with van der Waals surface area (Å²) in [6.07, 6.45) is 0. The maximum Gasteiger partial charge on any atom is 0.279 e. The molecule has 0 heterocycles. The van der Waals surface area contributed by atoms with Crippen molar-refractivity contribution in [3.05, 3.63) is 59.7 Å². The Morgan fingerprint density at radius 2 is 1.73 bits per heavy atom. The molecule has 1 unspecified atom stereocenters. The van der Waals surface area contributed by atoms with E-state index in [2.05, 4.69) is 10.6 Å². The van der Waals surface area contributed by atoms with Gasteiger partial charge in [0.15, 0.2) is 13.1 Å². The first-order chi connectivity index (χ1) is 12.5. The van der Waals surface area contributed by atoms with Crippen LogP contribution in [0.5, 0.6) is 5.75 Å². The molecule has 1 atom stereocenters. The van der Waals surface area contributed by atoms with E-state index in [1.807, 2.05) is 62.5 Å². The fourth-order valence-electron chi connectivity index (χ4n) is 2.50. The SMILES string of the molecule is COc1cccc(CNC(=O)C[NH+](C)CC(=O)Nc2ccc(C)cc2)c1. The molecule has 0 radical (unpaired) electrons. The van der Waals surface area contributed by atoms with Gasteiger partial charge in [-0.2, -0.15) is 0 Å². The van der Waals surface area contributed by atoms with Crippen molar-refractivity contribution >= 4 is 17.5 Å². The molecular formula is C20H26N3O3+. The van der Waals surface area contributed by atoms with Gasteiger partial charge >= 0.3 is 0 Å². The highest BCUT2D eigenvalue weighted by atomic mass is 16.5. The van der Waals surface area contributed by atoms with Gasteiger partial charge in [-0.3, -0.25) is 9.59 Å². The Labute approximate surface area is 154 Å². The second kappa shape index (κ2) is 9.58. The number of ether oxygens (including phenoxy) is 1. The molecule has 2 rings (SSSR count). The first kappa shape index (κ1) is 19.5. The largest absolute Gasteiger partial charge is 0.497 e. The van der Waals surface area contributed by atoms with Crippen LogP contribution < -0.4 is 20.3 Å². The number of methoxy groups -OCH3 is 1. The lowest BCUT2D eigenvalue weighted by molar-refractivity contribution is -0.862. The second-order valence-corrected chi connectivity index (χ2v) is 6.35. The van der Waals surface area contributed by atoms with Crippen LogP contribution in [-0.2, 0) is 16.1 Å². The van der Waals surface area contributed by atoms with E-state index in [0.717, 1.165) is 27.5 Å². The van der Waals surface area contributed by atoms with Gasteiger partial charge in [-0.25, -0.2) is 0 Å². The summed E-state index contributed by atoms with van der Waals surface area (Å²) in [4.78, 5) is 24.9. The molecule has 0 aliphatic rings. The van der Waals surface area contributed by atoms with Crippen LogP contribution >= 0.6 is 0 Å². The number of rotatable bonds is 8. The molecular weight excluding hydrogens is 330 g/mol. The molecule has 0 fully saturated rings. The van der Waals surface area contributed by atoms with E-state index in [9.17, 15) is 9.59 Å². The van der Waals surface area contributed by atoms with Gasteiger partial charge in [0.2, 0.25) is 0 Å². The van der Waals surface area contributed by atoms with Gasteiger partial charge in [0.1, 0.15) is 5.75 Å². The van der Waals surface area contributed by atoms with Gasteiger partial charge in [0, 0.05) is 12.2 Å². The molecule has 6 heteroatoms. The van der Waals surface area contributed by atoms with E-state index in [1.54, 1.807) is 7.11 Å². The van der Waals surface area contributed by atoms with E-state index < -0.39 is 0 Å². The lowest BCUT2D eigenvalue weighted by Crippen LogP contribution is -3.11. The fourth-order valence-corrected chi connectivity index (χ4v) is 2.50. The van der Waals surface area contributed by atoms with Crippen molar-refractivity contribution in [1.82, 2.24) is 5.32 Å². The Hall–Kier alpha value is -2.86. The molecule has 0 saturated carbocycles. The van der Waals surface area contributed by atoms with E-state index in [0.29, 0.717) is 6.54 Å². The summed E-state index contributed by atoms with van der Waals surface area (Å²) < 4.78 is 5.16. The van der Waals surface area contributed by atoms with Gasteiger partial charge in [-0.15, -0.1) is 0 Å². The zero-order chi connectivity index (χ0) is 18.9. The van der Waals surface area contributed by atoms with Gasteiger partial charge < -0.3 is 20.3 Å². The molecule has 3 N–H and O–H groups in total. The van der Waals surface area contributed by atoms with Crippen molar-refractivity contribution in [3.8, 4) is 5.75 Å². The van der Waals surface area contributed by atoms with E-state index in [-0.39, 0.29) is 24.9 Å². The second-order valence-electron chi connectivity index (χ2n) is 6.35. The Bertz CT molecular complexity index is 744. The zero-order valence-electron chi connectivity index (χ0n) is 15.5. The van der Waals surface area contributed by atoms with E-state index in [4.69, 9.17) is 4.74 Å². The Kier molecular flexibility index (Phi) is 7.17. The number of nitrogens with one attached hydrogen (secondary N) is 3. The summed E-state index contributed by atoms with van der Waals surface area (Å²) in [5.74, 6) is 0.535. The monoisotopic (exact) mass is 356 g/mol. The molecule has 2 aromatic rings. The molecule has 0 spiro atoms. The van der Waals surface area contributed by atoms with Crippen molar-refractivity contribution in [2.45, 2.75) is 13.5 Å². The fraction of sp³-hybridized carbons (Fsp3) is 0.300. The number of quaternary nitrogens is 1. The predicted octanol–water partition coefficient (Wildman–Crippen LogP) is 0.773. The number of hydrogen-bond acceptors (Lipinski definition) is 3. The first-order valence-electron chi connectivity index (χ1n) is 8.53. The van der Waals surface area contributed by atoms with Gasteiger partial charge in [0.25, 0.3) is 11.8 Å². The molecule has 2 amide bonds. The number of benzene rings is 2. The van der Waals surface area contributed by atoms with Crippen molar-refractivity contribution in [2.75, 3.05) is 32.6 Å². The first-order valence-corrected chi connectivity index (χ1v) is 8.53. The highest BCUT2D eigenvalue weighted by Gasteiger charge is 2.14. The van der Waals surface area contributed by atoms with Crippen LogP contribution in [0.4, 0.5) is 5.69 Å². The van der Waals surface area contributed by atoms with Crippen LogP contribution in [-0.4, -0.2) is 39.1 Å². The average molecular weight is 356 g/mol. The lowest BCUT2D eigenvalue weighted by Gasteiger charge is -2.14. The molecule has 2 aromatic carbocycles. The highest BCUT2D eigenvalue weighted by molar-refractivity contribution is 5.91. The Balaban J connectivity index is 1.73. The third-order valence-corrected chi connectivity index (χ3v) is 3.88. The lowest BCUT2D eigenvalue weighted by atomic mass is 10.2. The Morgan fingerprint density at radius 1 is 1.04 bits per heavy atom. The van der Waals surface area contributed by atoms with E-state index >= 15 is 0 Å². The maximum atomic E-state index is 12.1. The zero-order valence-corrected chi connectivity index (χ0v) is 15.5. The number of amides is 2. The average Bonchev–Trinajstić information content (AvgIpc) is 2.62. The molecule has 0 aliphatic carbocycles. The molecule has 26 heavy (non-hydrogen) atoms. The highest BCUT2D eigenvalue weighted by Crippen LogP contribution is 2.12. The Morgan fingerprint density at radius 3 is 2.42 bits per heavy atom. The quantitative estimate of drug-likeness (QED) is 0.654. The molecule has 0 aromatic heterocycles. The number of carbonyl (C=O) groups excluding carboxylic acids is 2. The molecule has 6 nitrogen and oxygen atoms in total. The summed E-state index contributed by atoms with van der Waals surface area (Å²) in [7, 11) is 3.43. The third kappa shape index (κ3) is 6.57. The molecule has 0 saturated heterocycles. The summed E-state index contributed by atoms with van der Waals surface area (Å²) in [6.45, 7) is 2.87.